The first-order valence-corrected chi connectivity index (χ1v) is 5.38. The van der Waals surface area contributed by atoms with Crippen molar-refractivity contribution >= 4 is 11.7 Å². The molecule has 6 heteroatoms. The lowest BCUT2D eigenvalue weighted by molar-refractivity contribution is -0.384. The van der Waals surface area contributed by atoms with Crippen LogP contribution in [0.25, 0.3) is 0 Å². The molecule has 0 unspecified atom stereocenters. The summed E-state index contributed by atoms with van der Waals surface area (Å²) in [5.41, 5.74) is 0.516. The second kappa shape index (κ2) is 6.35. The number of nitro benzene ring substituents is 1. The molecule has 0 aromatic heterocycles. The van der Waals surface area contributed by atoms with Crippen LogP contribution in [-0.4, -0.2) is 17.5 Å². The van der Waals surface area contributed by atoms with Gasteiger partial charge in [-0.3, -0.25) is 14.9 Å². The molecule has 1 rings (SSSR count). The van der Waals surface area contributed by atoms with E-state index >= 15 is 0 Å². The molecule has 1 atom stereocenters. The molecule has 0 saturated heterocycles. The first-order valence-electron chi connectivity index (χ1n) is 5.38. The van der Waals surface area contributed by atoms with Gasteiger partial charge in [0.1, 0.15) is 0 Å². The second-order valence-electron chi connectivity index (χ2n) is 3.54. The van der Waals surface area contributed by atoms with E-state index in [9.17, 15) is 14.9 Å². The molecule has 0 spiro atoms. The summed E-state index contributed by atoms with van der Waals surface area (Å²) in [5.74, 6) is -1.10. The summed E-state index contributed by atoms with van der Waals surface area (Å²) in [7, 11) is 0. The van der Waals surface area contributed by atoms with Crippen molar-refractivity contribution in [3.05, 3.63) is 39.9 Å². The van der Waals surface area contributed by atoms with Gasteiger partial charge in [0.25, 0.3) is 5.69 Å². The van der Waals surface area contributed by atoms with Gasteiger partial charge in [-0.05, 0) is 12.5 Å². The van der Waals surface area contributed by atoms with Gasteiger partial charge in [-0.25, -0.2) is 0 Å². The minimum absolute atomic E-state index is 0.0495. The molecular weight excluding hydrogens is 236 g/mol. The Morgan fingerprint density at radius 2 is 2.11 bits per heavy atom. The minimum Gasteiger partial charge on any atom is -0.466 e. The molecule has 0 aliphatic rings. The Hall–Kier alpha value is -2.42. The minimum atomic E-state index is -0.648. The van der Waals surface area contributed by atoms with Gasteiger partial charge in [0.2, 0.25) is 0 Å². The lowest BCUT2D eigenvalue weighted by Gasteiger charge is -2.08. The van der Waals surface area contributed by atoms with Crippen molar-refractivity contribution in [3.63, 3.8) is 0 Å². The van der Waals surface area contributed by atoms with Crippen molar-refractivity contribution in [1.82, 2.24) is 0 Å². The van der Waals surface area contributed by atoms with Gasteiger partial charge in [-0.1, -0.05) is 12.1 Å². The van der Waals surface area contributed by atoms with Crippen LogP contribution in [0.4, 0.5) is 5.69 Å². The normalized spacial score (nSPS) is 11.3. The van der Waals surface area contributed by atoms with Crippen molar-refractivity contribution in [2.24, 2.45) is 0 Å². The van der Waals surface area contributed by atoms with E-state index in [1.807, 2.05) is 6.07 Å². The van der Waals surface area contributed by atoms with Gasteiger partial charge in [-0.2, -0.15) is 5.26 Å². The number of hydrogen-bond acceptors (Lipinski definition) is 5. The summed E-state index contributed by atoms with van der Waals surface area (Å²) in [6.45, 7) is 1.95. The predicted octanol–water partition coefficient (Wildman–Crippen LogP) is 2.16. The highest BCUT2D eigenvalue weighted by atomic mass is 16.6. The maximum Gasteiger partial charge on any atom is 0.307 e. The van der Waals surface area contributed by atoms with Gasteiger partial charge >= 0.3 is 5.97 Å². The number of carbonyl (C=O) groups excluding carboxylic acids is 1. The average molecular weight is 248 g/mol. The zero-order valence-electron chi connectivity index (χ0n) is 9.83. The lowest BCUT2D eigenvalue weighted by Crippen LogP contribution is -2.09. The van der Waals surface area contributed by atoms with E-state index in [0.717, 1.165) is 0 Å². The van der Waals surface area contributed by atoms with Crippen molar-refractivity contribution in [1.29, 1.82) is 5.26 Å². The molecule has 0 fully saturated rings. The molecule has 0 radical (unpaired) electrons. The van der Waals surface area contributed by atoms with Gasteiger partial charge in [0.15, 0.2) is 0 Å². The van der Waals surface area contributed by atoms with Crippen LogP contribution in [0, 0.1) is 21.4 Å². The van der Waals surface area contributed by atoms with Crippen LogP contribution in [0.2, 0.25) is 0 Å². The van der Waals surface area contributed by atoms with Crippen LogP contribution in [-0.2, 0) is 9.53 Å². The van der Waals surface area contributed by atoms with E-state index in [4.69, 9.17) is 10.00 Å². The number of carbonyl (C=O) groups is 1. The fourth-order valence-electron chi connectivity index (χ4n) is 1.45. The molecule has 18 heavy (non-hydrogen) atoms. The van der Waals surface area contributed by atoms with Crippen molar-refractivity contribution < 1.29 is 14.5 Å². The fraction of sp³-hybridized carbons (Fsp3) is 0.333. The Morgan fingerprint density at radius 3 is 2.56 bits per heavy atom. The monoisotopic (exact) mass is 248 g/mol. The summed E-state index contributed by atoms with van der Waals surface area (Å²) in [6, 6.07) is 7.56. The van der Waals surface area contributed by atoms with E-state index in [-0.39, 0.29) is 18.7 Å². The van der Waals surface area contributed by atoms with Crippen molar-refractivity contribution in [2.45, 2.75) is 19.3 Å². The number of ether oxygens (including phenoxy) is 1. The Labute approximate surface area is 104 Å². The average Bonchev–Trinajstić information content (AvgIpc) is 2.36. The molecule has 1 aromatic carbocycles. The molecule has 0 aliphatic carbocycles. The highest BCUT2D eigenvalue weighted by Gasteiger charge is 2.17. The van der Waals surface area contributed by atoms with Crippen LogP contribution in [0.15, 0.2) is 24.3 Å². The van der Waals surface area contributed by atoms with Crippen LogP contribution >= 0.6 is 0 Å². The van der Waals surface area contributed by atoms with Crippen LogP contribution in [0.5, 0.6) is 0 Å². The van der Waals surface area contributed by atoms with E-state index in [1.54, 1.807) is 6.92 Å². The van der Waals surface area contributed by atoms with E-state index in [2.05, 4.69) is 0 Å². The largest absolute Gasteiger partial charge is 0.466 e. The number of esters is 1. The van der Waals surface area contributed by atoms with Crippen LogP contribution in [0.1, 0.15) is 24.8 Å². The molecule has 0 heterocycles. The summed E-state index contributed by atoms with van der Waals surface area (Å²) >= 11 is 0. The first-order chi connectivity index (χ1) is 8.58. The third-order valence-corrected chi connectivity index (χ3v) is 2.34. The Kier molecular flexibility index (Phi) is 4.81. The summed E-state index contributed by atoms with van der Waals surface area (Å²) in [4.78, 5) is 21.2. The molecule has 1 aromatic rings. The van der Waals surface area contributed by atoms with Gasteiger partial charge in [0, 0.05) is 12.1 Å². The van der Waals surface area contributed by atoms with Crippen molar-refractivity contribution in [3.8, 4) is 6.07 Å². The predicted molar refractivity (Wildman–Crippen MR) is 62.7 cm³/mol. The highest BCUT2D eigenvalue weighted by molar-refractivity contribution is 5.71. The molecule has 0 N–H and O–H groups in total. The lowest BCUT2D eigenvalue weighted by atomic mass is 9.97. The Balaban J connectivity index is 2.80. The molecule has 0 saturated carbocycles. The molecule has 94 valence electrons. The van der Waals surface area contributed by atoms with Gasteiger partial charge in [0.05, 0.1) is 29.9 Å². The zero-order chi connectivity index (χ0) is 13.5. The van der Waals surface area contributed by atoms with E-state index < -0.39 is 16.8 Å². The van der Waals surface area contributed by atoms with Gasteiger partial charge < -0.3 is 4.74 Å². The third-order valence-electron chi connectivity index (χ3n) is 2.34. The van der Waals surface area contributed by atoms with E-state index in [1.165, 1.54) is 24.3 Å². The van der Waals surface area contributed by atoms with Crippen LogP contribution in [0.3, 0.4) is 0 Å². The third kappa shape index (κ3) is 3.56. The number of benzene rings is 1. The first kappa shape index (κ1) is 13.6. The number of nitrogens with zero attached hydrogens (tertiary/aromatic N) is 2. The number of nitro groups is 1. The number of hydrogen-bond donors (Lipinski definition) is 0. The Bertz CT molecular complexity index is 476. The fourth-order valence-corrected chi connectivity index (χ4v) is 1.45. The van der Waals surface area contributed by atoms with Crippen LogP contribution < -0.4 is 0 Å². The number of non-ortho nitro benzene ring substituents is 1. The maximum atomic E-state index is 11.3. The quantitative estimate of drug-likeness (QED) is 0.452. The smallest absolute Gasteiger partial charge is 0.307 e. The SMILES string of the molecule is CCOC(=O)C[C@@H](C#N)c1ccc([N+](=O)[O-])cc1. The topological polar surface area (TPSA) is 93.2 Å². The zero-order valence-corrected chi connectivity index (χ0v) is 9.83. The molecule has 6 nitrogen and oxygen atoms in total. The maximum absolute atomic E-state index is 11.3. The standard InChI is InChI=1S/C12H12N2O4/c1-2-18-12(15)7-10(8-13)9-3-5-11(6-4-9)14(16)17/h3-6,10H,2,7H2,1H3/t10-/m0/s1. The summed E-state index contributed by atoms with van der Waals surface area (Å²) in [5, 5.41) is 19.5. The van der Waals surface area contributed by atoms with E-state index in [0.29, 0.717) is 5.56 Å². The molecular formula is C12H12N2O4. The number of nitriles is 1. The summed E-state index contributed by atoms with van der Waals surface area (Å²) < 4.78 is 4.76. The Morgan fingerprint density at radius 1 is 1.50 bits per heavy atom. The number of rotatable bonds is 5. The molecule has 0 bridgehead atoms. The van der Waals surface area contributed by atoms with Crippen molar-refractivity contribution in [2.75, 3.05) is 6.61 Å². The molecule has 0 aliphatic heterocycles. The van der Waals surface area contributed by atoms with Gasteiger partial charge in [-0.15, -0.1) is 0 Å². The highest BCUT2D eigenvalue weighted by Crippen LogP contribution is 2.22. The second-order valence-corrected chi connectivity index (χ2v) is 3.54. The molecule has 0 amide bonds. The summed E-state index contributed by atoms with van der Waals surface area (Å²) in [6.07, 6.45) is -0.0534.